The lowest BCUT2D eigenvalue weighted by molar-refractivity contribution is -0.114. The van der Waals surface area contributed by atoms with Crippen LogP contribution in [-0.4, -0.2) is 17.4 Å². The van der Waals surface area contributed by atoms with Crippen molar-refractivity contribution in [2.24, 2.45) is 5.73 Å². The number of carbonyl (C=O) groups is 1. The predicted molar refractivity (Wildman–Crippen MR) is 83.1 cm³/mol. The molecule has 0 spiro atoms. The van der Waals surface area contributed by atoms with Crippen molar-refractivity contribution in [1.29, 1.82) is 0 Å². The lowest BCUT2D eigenvalue weighted by atomic mass is 10.0. The molecule has 1 aromatic carbocycles. The molecule has 0 fully saturated rings. The minimum Gasteiger partial charge on any atom is -0.322 e. The Bertz CT molecular complexity index is 575. The number of thiazole rings is 1. The van der Waals surface area contributed by atoms with Crippen molar-refractivity contribution in [2.45, 2.75) is 26.2 Å². The Hall–Kier alpha value is -1.72. The van der Waals surface area contributed by atoms with Gasteiger partial charge in [-0.3, -0.25) is 4.79 Å². The summed E-state index contributed by atoms with van der Waals surface area (Å²) in [6.45, 7) is 4.35. The fourth-order valence-electron chi connectivity index (χ4n) is 1.84. The van der Waals surface area contributed by atoms with Gasteiger partial charge >= 0.3 is 0 Å². The Morgan fingerprint density at radius 1 is 1.35 bits per heavy atom. The third-order valence-electron chi connectivity index (χ3n) is 3.01. The van der Waals surface area contributed by atoms with Gasteiger partial charge in [0.1, 0.15) is 0 Å². The number of carbonyl (C=O) groups excluding carboxylic acids is 1. The normalized spacial score (nSPS) is 10.8. The summed E-state index contributed by atoms with van der Waals surface area (Å²) < 4.78 is 0. The molecule has 1 heterocycles. The minimum atomic E-state index is -0.216. The summed E-state index contributed by atoms with van der Waals surface area (Å²) in [5.41, 5.74) is 7.84. The Balaban J connectivity index is 2.01. The van der Waals surface area contributed by atoms with Gasteiger partial charge in [-0.25, -0.2) is 4.98 Å². The predicted octanol–water partition coefficient (Wildman–Crippen LogP) is 2.75. The Morgan fingerprint density at radius 2 is 2.05 bits per heavy atom. The van der Waals surface area contributed by atoms with E-state index >= 15 is 0 Å². The monoisotopic (exact) mass is 289 g/mol. The summed E-state index contributed by atoms with van der Waals surface area (Å²) in [5, 5.41) is 3.27. The second-order valence-corrected chi connectivity index (χ2v) is 6.07. The molecule has 2 aromatic rings. The molecule has 3 N–H and O–H groups in total. The van der Waals surface area contributed by atoms with Crippen molar-refractivity contribution in [1.82, 2.24) is 4.98 Å². The van der Waals surface area contributed by atoms with Crippen molar-refractivity contribution in [2.75, 3.05) is 11.9 Å². The number of benzene rings is 1. The van der Waals surface area contributed by atoms with Crippen LogP contribution in [0.2, 0.25) is 0 Å². The van der Waals surface area contributed by atoms with Gasteiger partial charge in [-0.1, -0.05) is 38.1 Å². The van der Waals surface area contributed by atoms with Crippen molar-refractivity contribution in [3.8, 4) is 0 Å². The average Bonchev–Trinajstić information content (AvgIpc) is 2.86. The lowest BCUT2D eigenvalue weighted by Gasteiger charge is -2.06. The summed E-state index contributed by atoms with van der Waals surface area (Å²) >= 11 is 1.48. The molecule has 1 aromatic heterocycles. The number of hydrogen-bond donors (Lipinski definition) is 2. The molecule has 2 rings (SSSR count). The topological polar surface area (TPSA) is 68.0 Å². The molecule has 0 saturated carbocycles. The molecule has 20 heavy (non-hydrogen) atoms. The van der Waals surface area contributed by atoms with Gasteiger partial charge in [-0.2, -0.15) is 0 Å². The van der Waals surface area contributed by atoms with Crippen molar-refractivity contribution in [3.63, 3.8) is 0 Å². The number of amides is 1. The number of aromatic nitrogens is 1. The van der Waals surface area contributed by atoms with Crippen molar-refractivity contribution in [3.05, 3.63) is 46.5 Å². The van der Waals surface area contributed by atoms with Gasteiger partial charge in [-0.05, 0) is 17.0 Å². The first-order valence-corrected chi connectivity index (χ1v) is 7.43. The van der Waals surface area contributed by atoms with Crippen molar-refractivity contribution < 1.29 is 4.79 Å². The first-order chi connectivity index (χ1) is 9.58. The average molecular weight is 289 g/mol. The van der Waals surface area contributed by atoms with E-state index in [1.165, 1.54) is 22.5 Å². The molecule has 0 aliphatic carbocycles. The molecule has 0 atom stereocenters. The molecule has 0 aliphatic heterocycles. The lowest BCUT2D eigenvalue weighted by Crippen LogP contribution is -2.21. The van der Waals surface area contributed by atoms with Crippen LogP contribution >= 0.6 is 11.3 Å². The highest BCUT2D eigenvalue weighted by molar-refractivity contribution is 7.15. The maximum Gasteiger partial charge on any atom is 0.239 e. The van der Waals surface area contributed by atoms with E-state index in [1.54, 1.807) is 6.20 Å². The van der Waals surface area contributed by atoms with Crippen LogP contribution in [0.25, 0.3) is 0 Å². The van der Waals surface area contributed by atoms with E-state index in [-0.39, 0.29) is 12.5 Å². The van der Waals surface area contributed by atoms with E-state index < -0.39 is 0 Å². The number of nitrogens with two attached hydrogens (primary N) is 1. The smallest absolute Gasteiger partial charge is 0.239 e. The maximum absolute atomic E-state index is 11.2. The number of nitrogens with one attached hydrogen (secondary N) is 1. The summed E-state index contributed by atoms with van der Waals surface area (Å²) in [6, 6.07) is 8.62. The van der Waals surface area contributed by atoms with Crippen molar-refractivity contribution >= 4 is 22.4 Å². The van der Waals surface area contributed by atoms with E-state index in [1.807, 2.05) is 0 Å². The number of anilines is 1. The summed E-state index contributed by atoms with van der Waals surface area (Å²) in [5.74, 6) is 0.331. The summed E-state index contributed by atoms with van der Waals surface area (Å²) in [7, 11) is 0. The van der Waals surface area contributed by atoms with E-state index in [0.29, 0.717) is 11.0 Å². The molecule has 106 valence electrons. The standard InChI is InChI=1S/C15H19N3OS/c1-10(2)12-5-3-11(4-6-12)7-13-9-17-15(20-13)18-14(19)8-16/h3-6,9-10H,7-8,16H2,1-2H3,(H,17,18,19). The first kappa shape index (κ1) is 14.7. The zero-order chi connectivity index (χ0) is 14.5. The molecule has 0 radical (unpaired) electrons. The van der Waals surface area contributed by atoms with E-state index in [2.05, 4.69) is 48.4 Å². The fourth-order valence-corrected chi connectivity index (χ4v) is 2.70. The van der Waals surface area contributed by atoms with Crippen LogP contribution < -0.4 is 11.1 Å². The van der Waals surface area contributed by atoms with Crippen LogP contribution in [0.4, 0.5) is 5.13 Å². The highest BCUT2D eigenvalue weighted by Gasteiger charge is 2.06. The number of hydrogen-bond acceptors (Lipinski definition) is 4. The Labute approximate surface area is 123 Å². The van der Waals surface area contributed by atoms with Gasteiger partial charge in [0.25, 0.3) is 0 Å². The SMILES string of the molecule is CC(C)c1ccc(Cc2cnc(NC(=O)CN)s2)cc1. The quantitative estimate of drug-likeness (QED) is 0.889. The molecule has 4 nitrogen and oxygen atoms in total. The molecule has 0 unspecified atom stereocenters. The maximum atomic E-state index is 11.2. The van der Waals surface area contributed by atoms with Gasteiger partial charge < -0.3 is 11.1 Å². The summed E-state index contributed by atoms with van der Waals surface area (Å²) in [6.07, 6.45) is 2.63. The van der Waals surface area contributed by atoms with Crippen LogP contribution in [-0.2, 0) is 11.2 Å². The molecule has 5 heteroatoms. The minimum absolute atomic E-state index is 0.0222. The highest BCUT2D eigenvalue weighted by Crippen LogP contribution is 2.22. The van der Waals surface area contributed by atoms with Crippen LogP contribution in [0.15, 0.2) is 30.5 Å². The zero-order valence-electron chi connectivity index (χ0n) is 11.7. The van der Waals surface area contributed by atoms with Crippen LogP contribution in [0.1, 0.15) is 35.8 Å². The zero-order valence-corrected chi connectivity index (χ0v) is 12.5. The molecule has 1 amide bonds. The van der Waals surface area contributed by atoms with E-state index in [0.717, 1.165) is 11.3 Å². The van der Waals surface area contributed by atoms with Gasteiger partial charge in [0, 0.05) is 17.5 Å². The third-order valence-corrected chi connectivity index (χ3v) is 3.92. The molecule has 0 saturated heterocycles. The fraction of sp³-hybridized carbons (Fsp3) is 0.333. The molecular formula is C15H19N3OS. The second kappa shape index (κ2) is 6.63. The van der Waals surface area contributed by atoms with Gasteiger partial charge in [0.2, 0.25) is 5.91 Å². The first-order valence-electron chi connectivity index (χ1n) is 6.62. The summed E-state index contributed by atoms with van der Waals surface area (Å²) in [4.78, 5) is 16.5. The second-order valence-electron chi connectivity index (χ2n) is 4.96. The van der Waals surface area contributed by atoms with Crippen LogP contribution in [0, 0.1) is 0 Å². The Kier molecular flexibility index (Phi) is 4.87. The van der Waals surface area contributed by atoms with Crippen LogP contribution in [0.5, 0.6) is 0 Å². The van der Waals surface area contributed by atoms with Gasteiger partial charge in [0.05, 0.1) is 6.54 Å². The van der Waals surface area contributed by atoms with Gasteiger partial charge in [-0.15, -0.1) is 11.3 Å². The molecular weight excluding hydrogens is 270 g/mol. The van der Waals surface area contributed by atoms with Crippen LogP contribution in [0.3, 0.4) is 0 Å². The number of rotatable bonds is 5. The van der Waals surface area contributed by atoms with E-state index in [9.17, 15) is 4.79 Å². The highest BCUT2D eigenvalue weighted by atomic mass is 32.1. The number of nitrogens with zero attached hydrogens (tertiary/aromatic N) is 1. The third kappa shape index (κ3) is 3.88. The molecule has 0 aliphatic rings. The molecule has 0 bridgehead atoms. The Morgan fingerprint density at radius 3 is 2.65 bits per heavy atom. The largest absolute Gasteiger partial charge is 0.322 e. The van der Waals surface area contributed by atoms with E-state index in [4.69, 9.17) is 5.73 Å². The van der Waals surface area contributed by atoms with Gasteiger partial charge in [0.15, 0.2) is 5.13 Å².